The van der Waals surface area contributed by atoms with Gasteiger partial charge in [0, 0.05) is 49.5 Å². The first-order valence-corrected chi connectivity index (χ1v) is 8.09. The van der Waals surface area contributed by atoms with Crippen molar-refractivity contribution >= 4 is 0 Å². The highest BCUT2D eigenvalue weighted by Gasteiger charge is 2.29. The lowest BCUT2D eigenvalue weighted by Crippen LogP contribution is -2.37. The van der Waals surface area contributed by atoms with E-state index in [0.29, 0.717) is 24.6 Å². The average Bonchev–Trinajstić information content (AvgIpc) is 3.06. The molecule has 1 aromatic heterocycles. The maximum absolute atomic E-state index is 9.40. The highest BCUT2D eigenvalue weighted by molar-refractivity contribution is 5.10. The molecule has 1 fully saturated rings. The zero-order valence-corrected chi connectivity index (χ0v) is 12.8. The topological polar surface area (TPSA) is 41.3 Å². The van der Waals surface area contributed by atoms with Gasteiger partial charge >= 0.3 is 0 Å². The fourth-order valence-corrected chi connectivity index (χ4v) is 3.86. The summed E-state index contributed by atoms with van der Waals surface area (Å²) in [5.41, 5.74) is 1.36. The van der Waals surface area contributed by atoms with Crippen molar-refractivity contribution in [2.24, 2.45) is 5.92 Å². The van der Waals surface area contributed by atoms with Gasteiger partial charge in [-0.2, -0.15) is 0 Å². The molecule has 0 spiro atoms. The second-order valence-electron chi connectivity index (χ2n) is 6.70. The van der Waals surface area contributed by atoms with Gasteiger partial charge < -0.3 is 9.67 Å². The van der Waals surface area contributed by atoms with Gasteiger partial charge in [-0.1, -0.05) is 0 Å². The van der Waals surface area contributed by atoms with Crippen molar-refractivity contribution in [3.8, 4) is 0 Å². The zero-order chi connectivity index (χ0) is 14.1. The van der Waals surface area contributed by atoms with Crippen LogP contribution >= 0.6 is 0 Å². The number of aryl methyl sites for hydroxylation is 1. The van der Waals surface area contributed by atoms with Crippen LogP contribution in [0.2, 0.25) is 0 Å². The van der Waals surface area contributed by atoms with Crippen LogP contribution in [0.15, 0.2) is 6.20 Å². The minimum absolute atomic E-state index is 0.304. The normalized spacial score (nSPS) is 27.2. The number of hydrogen-bond donors (Lipinski definition) is 1. The van der Waals surface area contributed by atoms with Crippen LogP contribution < -0.4 is 0 Å². The molecule has 4 heteroatoms. The first kappa shape index (κ1) is 14.1. The Morgan fingerprint density at radius 1 is 1.40 bits per heavy atom. The molecule has 2 aliphatic heterocycles. The first-order valence-electron chi connectivity index (χ1n) is 8.09. The quantitative estimate of drug-likeness (QED) is 0.913. The highest BCUT2D eigenvalue weighted by atomic mass is 16.3. The molecule has 1 N–H and O–H groups in total. The van der Waals surface area contributed by atoms with E-state index in [1.165, 1.54) is 30.9 Å². The van der Waals surface area contributed by atoms with E-state index in [1.54, 1.807) is 0 Å². The van der Waals surface area contributed by atoms with Crippen molar-refractivity contribution in [3.05, 3.63) is 17.7 Å². The van der Waals surface area contributed by atoms with Crippen molar-refractivity contribution in [2.45, 2.75) is 64.6 Å². The Kier molecular flexibility index (Phi) is 4.13. The maximum Gasteiger partial charge on any atom is 0.110 e. The number of likely N-dealkylation sites (tertiary alicyclic amines) is 1. The van der Waals surface area contributed by atoms with E-state index in [2.05, 4.69) is 34.5 Å². The van der Waals surface area contributed by atoms with Gasteiger partial charge in [0.2, 0.25) is 0 Å². The maximum atomic E-state index is 9.40. The van der Waals surface area contributed by atoms with Crippen molar-refractivity contribution in [1.29, 1.82) is 0 Å². The van der Waals surface area contributed by atoms with E-state index >= 15 is 0 Å². The Balaban J connectivity index is 1.74. The highest BCUT2D eigenvalue weighted by Crippen LogP contribution is 2.26. The summed E-state index contributed by atoms with van der Waals surface area (Å²) in [7, 11) is 0. The van der Waals surface area contributed by atoms with Crippen LogP contribution in [0.25, 0.3) is 0 Å². The predicted octanol–water partition coefficient (Wildman–Crippen LogP) is 1.85. The van der Waals surface area contributed by atoms with E-state index < -0.39 is 0 Å². The molecule has 112 valence electrons. The molecule has 0 radical (unpaired) electrons. The van der Waals surface area contributed by atoms with E-state index in [4.69, 9.17) is 0 Å². The van der Waals surface area contributed by atoms with Crippen LogP contribution in [0, 0.1) is 5.92 Å². The van der Waals surface area contributed by atoms with Crippen molar-refractivity contribution < 1.29 is 5.11 Å². The summed E-state index contributed by atoms with van der Waals surface area (Å²) in [6, 6.07) is 1.28. The molecule has 0 bridgehead atoms. The molecule has 0 saturated carbocycles. The summed E-state index contributed by atoms with van der Waals surface area (Å²) in [4.78, 5) is 7.30. The summed E-state index contributed by atoms with van der Waals surface area (Å²) < 4.78 is 2.38. The molecule has 3 heterocycles. The predicted molar refractivity (Wildman–Crippen MR) is 79.7 cm³/mol. The summed E-state index contributed by atoms with van der Waals surface area (Å²) in [5.74, 6) is 1.65. The largest absolute Gasteiger partial charge is 0.396 e. The average molecular weight is 277 g/mol. The van der Waals surface area contributed by atoms with Crippen LogP contribution in [0.3, 0.4) is 0 Å². The molecule has 1 saturated heterocycles. The number of fused-ring (bicyclic) bond motifs is 1. The Morgan fingerprint density at radius 3 is 3.00 bits per heavy atom. The third-order valence-corrected chi connectivity index (χ3v) is 5.03. The molecule has 4 nitrogen and oxygen atoms in total. The lowest BCUT2D eigenvalue weighted by atomic mass is 9.99. The third-order valence-electron chi connectivity index (χ3n) is 5.03. The number of aliphatic hydroxyl groups is 1. The van der Waals surface area contributed by atoms with E-state index in [-0.39, 0.29) is 0 Å². The van der Waals surface area contributed by atoms with E-state index in [0.717, 1.165) is 25.8 Å². The van der Waals surface area contributed by atoms with Crippen molar-refractivity contribution in [1.82, 2.24) is 14.5 Å². The molecule has 3 rings (SSSR count). The molecule has 20 heavy (non-hydrogen) atoms. The van der Waals surface area contributed by atoms with Gasteiger partial charge in [-0.3, -0.25) is 4.90 Å². The molecule has 0 aromatic carbocycles. The number of hydrogen-bond acceptors (Lipinski definition) is 3. The SMILES string of the molecule is CC(C)N1CCCC1Cc1ncc2n1CC(CO)CC2. The lowest BCUT2D eigenvalue weighted by molar-refractivity contribution is 0.184. The number of aliphatic hydroxyl groups excluding tert-OH is 1. The lowest BCUT2D eigenvalue weighted by Gasteiger charge is -2.29. The van der Waals surface area contributed by atoms with Gasteiger partial charge in [0.1, 0.15) is 5.82 Å². The van der Waals surface area contributed by atoms with E-state index in [1.807, 2.05) is 0 Å². The molecule has 2 aliphatic rings. The van der Waals surface area contributed by atoms with Gasteiger partial charge in [0.25, 0.3) is 0 Å². The summed E-state index contributed by atoms with van der Waals surface area (Å²) >= 11 is 0. The molecule has 0 aliphatic carbocycles. The van der Waals surface area contributed by atoms with Crippen LogP contribution in [0.1, 0.15) is 44.6 Å². The summed E-state index contributed by atoms with van der Waals surface area (Å²) in [5, 5.41) is 9.40. The Bertz CT molecular complexity index is 455. The summed E-state index contributed by atoms with van der Waals surface area (Å²) in [6.45, 7) is 7.08. The number of imidazole rings is 1. The van der Waals surface area contributed by atoms with Crippen molar-refractivity contribution in [3.63, 3.8) is 0 Å². The zero-order valence-electron chi connectivity index (χ0n) is 12.8. The Morgan fingerprint density at radius 2 is 2.25 bits per heavy atom. The van der Waals surface area contributed by atoms with Gasteiger partial charge in [-0.05, 0) is 46.1 Å². The third kappa shape index (κ3) is 2.63. The molecule has 1 aromatic rings. The summed E-state index contributed by atoms with van der Waals surface area (Å²) in [6.07, 6.45) is 7.90. The minimum Gasteiger partial charge on any atom is -0.396 e. The van der Waals surface area contributed by atoms with Crippen molar-refractivity contribution in [2.75, 3.05) is 13.2 Å². The molecule has 0 amide bonds. The van der Waals surface area contributed by atoms with Gasteiger partial charge in [-0.25, -0.2) is 4.98 Å². The Hall–Kier alpha value is -0.870. The van der Waals surface area contributed by atoms with E-state index in [9.17, 15) is 5.11 Å². The smallest absolute Gasteiger partial charge is 0.110 e. The van der Waals surface area contributed by atoms with Crippen LogP contribution in [-0.4, -0.2) is 44.8 Å². The number of aromatic nitrogens is 2. The Labute approximate surface area is 121 Å². The fourth-order valence-electron chi connectivity index (χ4n) is 3.86. The second-order valence-corrected chi connectivity index (χ2v) is 6.70. The van der Waals surface area contributed by atoms with Crippen LogP contribution in [-0.2, 0) is 19.4 Å². The van der Waals surface area contributed by atoms with Crippen LogP contribution in [0.4, 0.5) is 0 Å². The standard InChI is InChI=1S/C16H27N3O/c1-12(2)18-7-3-4-14(18)8-16-17-9-15-6-5-13(11-20)10-19(15)16/h9,12-14,20H,3-8,10-11H2,1-2H3. The second kappa shape index (κ2) is 5.86. The molecule has 2 unspecified atom stereocenters. The van der Waals surface area contributed by atoms with Gasteiger partial charge in [0.15, 0.2) is 0 Å². The number of nitrogens with zero attached hydrogens (tertiary/aromatic N) is 3. The monoisotopic (exact) mass is 277 g/mol. The molecule has 2 atom stereocenters. The van der Waals surface area contributed by atoms with Gasteiger partial charge in [-0.15, -0.1) is 0 Å². The first-order chi connectivity index (χ1) is 9.69. The van der Waals surface area contributed by atoms with Crippen LogP contribution in [0.5, 0.6) is 0 Å². The molecular formula is C16H27N3O. The number of rotatable bonds is 4. The minimum atomic E-state index is 0.304. The molecular weight excluding hydrogens is 250 g/mol. The fraction of sp³-hybridized carbons (Fsp3) is 0.812. The van der Waals surface area contributed by atoms with Gasteiger partial charge in [0.05, 0.1) is 0 Å².